The zero-order valence-corrected chi connectivity index (χ0v) is 11.5. The zero-order chi connectivity index (χ0) is 12.8. The minimum absolute atomic E-state index is 0.0606. The Kier molecular flexibility index (Phi) is 2.53. The topological polar surface area (TPSA) is 0 Å². The molecule has 2 atom stereocenters. The van der Waals surface area contributed by atoms with Crippen LogP contribution in [0.1, 0.15) is 30.0 Å². The average molecular weight is 257 g/mol. The molecule has 1 aliphatic carbocycles. The molecule has 3 rings (SSSR count). The first-order valence-corrected chi connectivity index (χ1v) is 6.76. The van der Waals surface area contributed by atoms with E-state index in [9.17, 15) is 0 Å². The fourth-order valence-corrected chi connectivity index (χ4v) is 3.32. The van der Waals surface area contributed by atoms with Gasteiger partial charge in [-0.15, -0.1) is 11.6 Å². The lowest BCUT2D eigenvalue weighted by Crippen LogP contribution is -2.13. The first-order valence-electron chi connectivity index (χ1n) is 6.38. The smallest absolute Gasteiger partial charge is 0.0798 e. The molecule has 1 fully saturated rings. The van der Waals surface area contributed by atoms with Gasteiger partial charge < -0.3 is 0 Å². The molecule has 0 saturated heterocycles. The third-order valence-corrected chi connectivity index (χ3v) is 5.04. The Labute approximate surface area is 114 Å². The molecule has 0 spiro atoms. The third-order valence-electron chi connectivity index (χ3n) is 4.27. The summed E-state index contributed by atoms with van der Waals surface area (Å²) in [6.07, 6.45) is 1.01. The van der Waals surface area contributed by atoms with Gasteiger partial charge in [0.25, 0.3) is 0 Å². The van der Waals surface area contributed by atoms with Crippen LogP contribution >= 0.6 is 11.6 Å². The van der Waals surface area contributed by atoms with Crippen LogP contribution in [0.5, 0.6) is 0 Å². The van der Waals surface area contributed by atoms with Crippen molar-refractivity contribution in [2.24, 2.45) is 0 Å². The molecular formula is C17H17Cl. The molecule has 2 aromatic rings. The molecular weight excluding hydrogens is 240 g/mol. The fourth-order valence-electron chi connectivity index (χ4n) is 2.82. The number of hydrogen-bond acceptors (Lipinski definition) is 0. The van der Waals surface area contributed by atoms with Gasteiger partial charge in [-0.1, -0.05) is 67.1 Å². The second kappa shape index (κ2) is 3.86. The van der Waals surface area contributed by atoms with Crippen molar-refractivity contribution in [1.29, 1.82) is 0 Å². The van der Waals surface area contributed by atoms with E-state index in [-0.39, 0.29) is 10.3 Å². The molecule has 0 N–H and O–H groups in total. The molecule has 1 heteroatoms. The summed E-state index contributed by atoms with van der Waals surface area (Å²) >= 11 is 6.86. The van der Waals surface area contributed by atoms with Gasteiger partial charge in [-0.05, 0) is 24.5 Å². The molecule has 0 radical (unpaired) electrons. The van der Waals surface area contributed by atoms with Crippen molar-refractivity contribution in [3.8, 4) is 0 Å². The molecule has 18 heavy (non-hydrogen) atoms. The fraction of sp³-hybridized carbons (Fsp3) is 0.294. The van der Waals surface area contributed by atoms with Gasteiger partial charge in [-0.2, -0.15) is 0 Å². The highest BCUT2D eigenvalue weighted by Gasteiger charge is 2.65. The third kappa shape index (κ3) is 1.59. The summed E-state index contributed by atoms with van der Waals surface area (Å²) in [5.74, 6) is 0. The van der Waals surface area contributed by atoms with Crippen LogP contribution in [0.3, 0.4) is 0 Å². The van der Waals surface area contributed by atoms with E-state index >= 15 is 0 Å². The van der Waals surface area contributed by atoms with E-state index in [1.165, 1.54) is 16.7 Å². The van der Waals surface area contributed by atoms with Gasteiger partial charge in [0, 0.05) is 5.41 Å². The normalized spacial score (nSPS) is 30.2. The molecule has 92 valence electrons. The summed E-state index contributed by atoms with van der Waals surface area (Å²) in [4.78, 5) is -0.234. The van der Waals surface area contributed by atoms with Crippen molar-refractivity contribution < 1.29 is 0 Å². The van der Waals surface area contributed by atoms with Gasteiger partial charge in [0.15, 0.2) is 0 Å². The van der Waals surface area contributed by atoms with Crippen LogP contribution in [0.25, 0.3) is 0 Å². The first-order chi connectivity index (χ1) is 8.56. The van der Waals surface area contributed by atoms with Gasteiger partial charge in [-0.3, -0.25) is 0 Å². The largest absolute Gasteiger partial charge is 0.113 e. The quantitative estimate of drug-likeness (QED) is 0.678. The zero-order valence-electron chi connectivity index (χ0n) is 10.8. The molecule has 2 unspecified atom stereocenters. The van der Waals surface area contributed by atoms with E-state index in [2.05, 4.69) is 68.4 Å². The van der Waals surface area contributed by atoms with Crippen molar-refractivity contribution in [2.45, 2.75) is 30.6 Å². The molecule has 1 saturated carbocycles. The Bertz CT molecular complexity index is 558. The van der Waals surface area contributed by atoms with Crippen LogP contribution in [0, 0.1) is 6.92 Å². The highest BCUT2D eigenvalue weighted by atomic mass is 35.5. The van der Waals surface area contributed by atoms with E-state index in [4.69, 9.17) is 11.6 Å². The second-order valence-corrected chi connectivity index (χ2v) is 6.19. The summed E-state index contributed by atoms with van der Waals surface area (Å²) in [7, 11) is 0. The number of benzene rings is 2. The van der Waals surface area contributed by atoms with E-state index in [0.717, 1.165) is 6.42 Å². The molecule has 2 aromatic carbocycles. The van der Waals surface area contributed by atoms with Crippen molar-refractivity contribution in [3.63, 3.8) is 0 Å². The standard InChI is InChI=1S/C17H17Cl/c1-13-8-10-15(11-9-13)17(18)12-16(17,2)14-6-4-3-5-7-14/h3-11H,12H2,1-2H3. The van der Waals surface area contributed by atoms with Gasteiger partial charge >= 0.3 is 0 Å². The number of rotatable bonds is 2. The average Bonchev–Trinajstić information content (AvgIpc) is 2.97. The SMILES string of the molecule is Cc1ccc(C2(Cl)CC2(C)c2ccccc2)cc1. The van der Waals surface area contributed by atoms with Gasteiger partial charge in [0.05, 0.1) is 4.87 Å². The van der Waals surface area contributed by atoms with Crippen molar-refractivity contribution >= 4 is 11.6 Å². The predicted octanol–water partition coefficient (Wildman–Crippen LogP) is 4.79. The predicted molar refractivity (Wildman–Crippen MR) is 77.1 cm³/mol. The monoisotopic (exact) mass is 256 g/mol. The number of hydrogen-bond donors (Lipinski definition) is 0. The Morgan fingerprint density at radius 3 is 2.11 bits per heavy atom. The number of aryl methyl sites for hydroxylation is 1. The Hall–Kier alpha value is -1.27. The van der Waals surface area contributed by atoms with Crippen LogP contribution in [-0.4, -0.2) is 0 Å². The summed E-state index contributed by atoms with van der Waals surface area (Å²) in [6, 6.07) is 19.2. The lowest BCUT2D eigenvalue weighted by Gasteiger charge is -2.18. The maximum atomic E-state index is 6.86. The van der Waals surface area contributed by atoms with E-state index < -0.39 is 0 Å². The maximum absolute atomic E-state index is 6.86. The minimum atomic E-state index is -0.234. The maximum Gasteiger partial charge on any atom is 0.0798 e. The van der Waals surface area contributed by atoms with E-state index in [0.29, 0.717) is 0 Å². The Morgan fingerprint density at radius 2 is 1.50 bits per heavy atom. The van der Waals surface area contributed by atoms with Crippen LogP contribution in [-0.2, 0) is 10.3 Å². The van der Waals surface area contributed by atoms with Gasteiger partial charge in [0.1, 0.15) is 0 Å². The lowest BCUT2D eigenvalue weighted by molar-refractivity contribution is 0.714. The molecule has 0 bridgehead atoms. The Morgan fingerprint density at radius 1 is 0.889 bits per heavy atom. The minimum Gasteiger partial charge on any atom is -0.113 e. The molecule has 1 aliphatic rings. The highest BCUT2D eigenvalue weighted by Crippen LogP contribution is 2.67. The summed E-state index contributed by atoms with van der Waals surface area (Å²) in [5.41, 5.74) is 3.91. The van der Waals surface area contributed by atoms with Crippen molar-refractivity contribution in [1.82, 2.24) is 0 Å². The summed E-state index contributed by atoms with van der Waals surface area (Å²) in [6.45, 7) is 4.36. The van der Waals surface area contributed by atoms with Crippen LogP contribution in [0.4, 0.5) is 0 Å². The molecule has 0 heterocycles. The van der Waals surface area contributed by atoms with Crippen LogP contribution in [0.2, 0.25) is 0 Å². The first kappa shape index (κ1) is 11.8. The van der Waals surface area contributed by atoms with Crippen molar-refractivity contribution in [2.75, 3.05) is 0 Å². The highest BCUT2D eigenvalue weighted by molar-refractivity contribution is 6.27. The number of halogens is 1. The van der Waals surface area contributed by atoms with Crippen LogP contribution in [0.15, 0.2) is 54.6 Å². The number of alkyl halides is 1. The van der Waals surface area contributed by atoms with E-state index in [1.54, 1.807) is 0 Å². The van der Waals surface area contributed by atoms with Gasteiger partial charge in [0.2, 0.25) is 0 Å². The summed E-state index contributed by atoms with van der Waals surface area (Å²) in [5, 5.41) is 0. The second-order valence-electron chi connectivity index (χ2n) is 5.54. The molecule has 0 nitrogen and oxygen atoms in total. The van der Waals surface area contributed by atoms with Crippen molar-refractivity contribution in [3.05, 3.63) is 71.3 Å². The lowest BCUT2D eigenvalue weighted by atomic mass is 9.92. The molecule has 0 aliphatic heterocycles. The summed E-state index contributed by atoms with van der Waals surface area (Å²) < 4.78 is 0. The van der Waals surface area contributed by atoms with Crippen LogP contribution < -0.4 is 0 Å². The van der Waals surface area contributed by atoms with Gasteiger partial charge in [-0.25, -0.2) is 0 Å². The Balaban J connectivity index is 1.98. The molecule has 0 amide bonds. The molecule has 0 aromatic heterocycles. The van der Waals surface area contributed by atoms with E-state index in [1.807, 2.05) is 0 Å².